The Bertz CT molecular complexity index is 503. The number of hydrogen-bond donors (Lipinski definition) is 1. The van der Waals surface area contributed by atoms with Crippen LogP contribution in [0.25, 0.3) is 0 Å². The number of amides is 1. The highest BCUT2D eigenvalue weighted by molar-refractivity contribution is 7.99. The van der Waals surface area contributed by atoms with Gasteiger partial charge in [0.05, 0.1) is 7.11 Å². The highest BCUT2D eigenvalue weighted by Crippen LogP contribution is 2.24. The summed E-state index contributed by atoms with van der Waals surface area (Å²) in [6, 6.07) is 8.68. The Hall–Kier alpha value is -1.53. The van der Waals surface area contributed by atoms with E-state index in [9.17, 15) is 9.59 Å². The van der Waals surface area contributed by atoms with Crippen LogP contribution in [0.4, 0.5) is 0 Å². The smallest absolute Gasteiger partial charge is 0.328 e. The molecule has 0 aromatic heterocycles. The van der Waals surface area contributed by atoms with Crippen molar-refractivity contribution in [2.75, 3.05) is 31.7 Å². The molecule has 0 spiro atoms. The number of methoxy groups -OCH3 is 1. The second kappa shape index (κ2) is 8.19. The Kier molecular flexibility index (Phi) is 6.27. The highest BCUT2D eigenvalue weighted by Gasteiger charge is 2.30. The van der Waals surface area contributed by atoms with E-state index in [0.717, 1.165) is 30.2 Å². The van der Waals surface area contributed by atoms with Crippen LogP contribution in [0.15, 0.2) is 30.3 Å². The molecule has 1 aromatic carbocycles. The average Bonchev–Trinajstić information content (AvgIpc) is 2.56. The van der Waals surface area contributed by atoms with Gasteiger partial charge in [-0.3, -0.25) is 9.69 Å². The Morgan fingerprint density at radius 2 is 1.86 bits per heavy atom. The summed E-state index contributed by atoms with van der Waals surface area (Å²) < 4.78 is 4.67. The van der Waals surface area contributed by atoms with Gasteiger partial charge in [0.15, 0.2) is 0 Å². The van der Waals surface area contributed by atoms with Crippen LogP contribution in [0, 0.1) is 0 Å². The molecule has 120 valence electrons. The van der Waals surface area contributed by atoms with E-state index < -0.39 is 12.0 Å². The number of esters is 1. The maximum Gasteiger partial charge on any atom is 0.328 e. The van der Waals surface area contributed by atoms with Crippen molar-refractivity contribution >= 4 is 23.6 Å². The van der Waals surface area contributed by atoms with Crippen molar-refractivity contribution in [2.45, 2.75) is 19.0 Å². The van der Waals surface area contributed by atoms with Gasteiger partial charge in [0.1, 0.15) is 12.1 Å². The summed E-state index contributed by atoms with van der Waals surface area (Å²) in [6.07, 6.45) is 0. The number of carbonyl (C=O) groups excluding carboxylic acids is 2. The van der Waals surface area contributed by atoms with Gasteiger partial charge in [0.25, 0.3) is 0 Å². The van der Waals surface area contributed by atoms with E-state index in [2.05, 4.69) is 15.0 Å². The van der Waals surface area contributed by atoms with E-state index in [1.165, 1.54) is 7.11 Å². The molecule has 0 bridgehead atoms. The zero-order valence-corrected chi connectivity index (χ0v) is 13.8. The lowest BCUT2D eigenvalue weighted by Gasteiger charge is -2.34. The summed E-state index contributed by atoms with van der Waals surface area (Å²) in [6.45, 7) is 3.37. The third-order valence-electron chi connectivity index (χ3n) is 3.69. The quantitative estimate of drug-likeness (QED) is 0.832. The molecule has 2 atom stereocenters. The molecule has 0 saturated carbocycles. The number of hydrogen-bond acceptors (Lipinski definition) is 5. The predicted molar refractivity (Wildman–Crippen MR) is 87.7 cm³/mol. The molecule has 0 aliphatic carbocycles. The van der Waals surface area contributed by atoms with Crippen LogP contribution in [-0.4, -0.2) is 54.5 Å². The zero-order chi connectivity index (χ0) is 15.9. The summed E-state index contributed by atoms with van der Waals surface area (Å²) >= 11 is 1.90. The van der Waals surface area contributed by atoms with Crippen LogP contribution < -0.4 is 5.32 Å². The first-order valence-electron chi connectivity index (χ1n) is 7.38. The van der Waals surface area contributed by atoms with E-state index in [0.29, 0.717) is 0 Å². The van der Waals surface area contributed by atoms with Crippen molar-refractivity contribution < 1.29 is 14.3 Å². The molecule has 2 rings (SSSR count). The minimum Gasteiger partial charge on any atom is -0.467 e. The monoisotopic (exact) mass is 322 g/mol. The van der Waals surface area contributed by atoms with Crippen LogP contribution in [0.5, 0.6) is 0 Å². The maximum absolute atomic E-state index is 12.7. The van der Waals surface area contributed by atoms with Crippen LogP contribution in [0.2, 0.25) is 0 Å². The Labute approximate surface area is 135 Å². The molecule has 1 fully saturated rings. The summed E-state index contributed by atoms with van der Waals surface area (Å²) in [5.41, 5.74) is 0.948. The van der Waals surface area contributed by atoms with Crippen molar-refractivity contribution in [1.29, 1.82) is 0 Å². The van der Waals surface area contributed by atoms with Gasteiger partial charge in [-0.15, -0.1) is 0 Å². The molecule has 22 heavy (non-hydrogen) atoms. The van der Waals surface area contributed by atoms with Gasteiger partial charge >= 0.3 is 5.97 Å². The minimum atomic E-state index is -0.650. The minimum absolute atomic E-state index is 0.156. The van der Waals surface area contributed by atoms with Crippen LogP contribution >= 0.6 is 11.8 Å². The van der Waals surface area contributed by atoms with Crippen molar-refractivity contribution in [1.82, 2.24) is 10.2 Å². The summed E-state index contributed by atoms with van der Waals surface area (Å²) in [5, 5.41) is 2.76. The first kappa shape index (κ1) is 16.8. The number of ether oxygens (including phenoxy) is 1. The number of thioether (sulfide) groups is 1. The van der Waals surface area contributed by atoms with Crippen LogP contribution in [0.3, 0.4) is 0 Å². The lowest BCUT2D eigenvalue weighted by molar-refractivity contribution is -0.145. The largest absolute Gasteiger partial charge is 0.467 e. The second-order valence-corrected chi connectivity index (χ2v) is 6.44. The van der Waals surface area contributed by atoms with Crippen molar-refractivity contribution in [2.24, 2.45) is 0 Å². The lowest BCUT2D eigenvalue weighted by atomic mass is 10.0. The fourth-order valence-corrected chi connectivity index (χ4v) is 3.46. The van der Waals surface area contributed by atoms with E-state index in [1.807, 2.05) is 42.1 Å². The molecule has 6 heteroatoms. The van der Waals surface area contributed by atoms with E-state index >= 15 is 0 Å². The Morgan fingerprint density at radius 1 is 1.23 bits per heavy atom. The molecule has 0 radical (unpaired) electrons. The van der Waals surface area contributed by atoms with E-state index in [1.54, 1.807) is 6.92 Å². The number of rotatable bonds is 5. The SMILES string of the molecule is COC(=O)[C@H](C)NC(=O)[C@@H](c1ccccc1)N1CCSCC1. The fourth-order valence-electron chi connectivity index (χ4n) is 2.53. The third-order valence-corrected chi connectivity index (χ3v) is 4.63. The first-order chi connectivity index (χ1) is 10.6. The molecular formula is C16H22N2O3S. The third kappa shape index (κ3) is 4.24. The molecule has 1 heterocycles. The van der Waals surface area contributed by atoms with E-state index in [4.69, 9.17) is 0 Å². The number of nitrogens with zero attached hydrogens (tertiary/aromatic N) is 1. The second-order valence-electron chi connectivity index (χ2n) is 5.21. The molecule has 5 nitrogen and oxygen atoms in total. The first-order valence-corrected chi connectivity index (χ1v) is 8.54. The van der Waals surface area contributed by atoms with Gasteiger partial charge in [0, 0.05) is 24.6 Å². The van der Waals surface area contributed by atoms with Gasteiger partial charge in [-0.1, -0.05) is 30.3 Å². The van der Waals surface area contributed by atoms with Crippen molar-refractivity contribution in [3.8, 4) is 0 Å². The summed E-state index contributed by atoms with van der Waals surface area (Å²) in [7, 11) is 1.32. The topological polar surface area (TPSA) is 58.6 Å². The lowest BCUT2D eigenvalue weighted by Crippen LogP contribution is -2.48. The molecule has 1 aromatic rings. The van der Waals surface area contributed by atoms with Gasteiger partial charge < -0.3 is 10.1 Å². The Balaban J connectivity index is 2.16. The van der Waals surface area contributed by atoms with Gasteiger partial charge in [-0.05, 0) is 12.5 Å². The van der Waals surface area contributed by atoms with Gasteiger partial charge in [-0.25, -0.2) is 4.79 Å². The summed E-state index contributed by atoms with van der Waals surface area (Å²) in [5.74, 6) is 1.44. The highest BCUT2D eigenvalue weighted by atomic mass is 32.2. The van der Waals surface area contributed by atoms with Gasteiger partial charge in [-0.2, -0.15) is 11.8 Å². The van der Waals surface area contributed by atoms with Gasteiger partial charge in [0.2, 0.25) is 5.91 Å². The van der Waals surface area contributed by atoms with Crippen LogP contribution in [-0.2, 0) is 14.3 Å². The zero-order valence-electron chi connectivity index (χ0n) is 13.0. The molecule has 1 aliphatic heterocycles. The van der Waals surface area contributed by atoms with E-state index in [-0.39, 0.29) is 11.9 Å². The molecule has 0 unspecified atom stereocenters. The van der Waals surface area contributed by atoms with Crippen molar-refractivity contribution in [3.63, 3.8) is 0 Å². The standard InChI is InChI=1S/C16H22N2O3S/c1-12(16(20)21-2)17-15(19)14(13-6-4-3-5-7-13)18-8-10-22-11-9-18/h3-7,12,14H,8-11H2,1-2H3,(H,17,19)/t12-,14+/m0/s1. The van der Waals surface area contributed by atoms with Crippen LogP contribution in [0.1, 0.15) is 18.5 Å². The normalized spacial score (nSPS) is 18.3. The molecular weight excluding hydrogens is 300 g/mol. The summed E-state index contributed by atoms with van der Waals surface area (Å²) in [4.78, 5) is 26.4. The number of carbonyl (C=O) groups is 2. The fraction of sp³-hybridized carbons (Fsp3) is 0.500. The molecule has 1 aliphatic rings. The van der Waals surface area contributed by atoms with Crippen molar-refractivity contribution in [3.05, 3.63) is 35.9 Å². The average molecular weight is 322 g/mol. The molecule has 1 amide bonds. The molecule has 1 saturated heterocycles. The number of benzene rings is 1. The predicted octanol–water partition coefficient (Wildman–Crippen LogP) is 1.45. The Morgan fingerprint density at radius 3 is 2.45 bits per heavy atom. The molecule has 1 N–H and O–H groups in total. The maximum atomic E-state index is 12.7. The number of nitrogens with one attached hydrogen (secondary N) is 1.